The van der Waals surface area contributed by atoms with Crippen molar-refractivity contribution in [3.8, 4) is 5.75 Å². The second kappa shape index (κ2) is 9.51. The van der Waals surface area contributed by atoms with Gasteiger partial charge in [0.1, 0.15) is 11.8 Å². The molecule has 0 saturated carbocycles. The van der Waals surface area contributed by atoms with Crippen LogP contribution >= 0.6 is 22.9 Å². The lowest BCUT2D eigenvalue weighted by atomic mass is 10.1. The van der Waals surface area contributed by atoms with E-state index in [1.54, 1.807) is 41.8 Å². The molecule has 0 aliphatic carbocycles. The standard InChI is InChI=1S/C21H24ClN3O5S2/c1-5-15(25(32(4,28)29)17-11-13(22)7-10-18(17)30-3)20(26)23-14-8-9-16-19(12-14)31-21(27)24(16)6-2/h7-12,15H,5-6H2,1-4H3,(H,23,26)/t15-/m0/s1. The van der Waals surface area contributed by atoms with Gasteiger partial charge in [0.2, 0.25) is 15.9 Å². The Morgan fingerprint density at radius 3 is 2.56 bits per heavy atom. The number of methoxy groups -OCH3 is 1. The molecule has 3 aromatic rings. The van der Waals surface area contributed by atoms with Gasteiger partial charge < -0.3 is 10.1 Å². The lowest BCUT2D eigenvalue weighted by molar-refractivity contribution is -0.117. The maximum Gasteiger partial charge on any atom is 0.308 e. The van der Waals surface area contributed by atoms with E-state index in [9.17, 15) is 18.0 Å². The molecule has 0 bridgehead atoms. The number of halogens is 1. The predicted octanol–water partition coefficient (Wildman–Crippen LogP) is 3.93. The van der Waals surface area contributed by atoms with Gasteiger partial charge in [-0.3, -0.25) is 18.5 Å². The van der Waals surface area contributed by atoms with Gasteiger partial charge in [0, 0.05) is 17.3 Å². The fraction of sp³-hybridized carbons (Fsp3) is 0.333. The topological polar surface area (TPSA) is 97.7 Å². The highest BCUT2D eigenvalue weighted by molar-refractivity contribution is 7.92. The van der Waals surface area contributed by atoms with Crippen molar-refractivity contribution < 1.29 is 17.9 Å². The van der Waals surface area contributed by atoms with Gasteiger partial charge in [-0.25, -0.2) is 8.42 Å². The summed E-state index contributed by atoms with van der Waals surface area (Å²) in [7, 11) is -2.45. The third-order valence-electron chi connectivity index (χ3n) is 4.96. The molecule has 1 atom stereocenters. The number of amides is 1. The molecule has 1 aromatic heterocycles. The largest absolute Gasteiger partial charge is 0.495 e. The lowest BCUT2D eigenvalue weighted by Crippen LogP contribution is -2.47. The van der Waals surface area contributed by atoms with Crippen molar-refractivity contribution in [2.45, 2.75) is 32.9 Å². The minimum absolute atomic E-state index is 0.0753. The molecule has 0 saturated heterocycles. The van der Waals surface area contributed by atoms with Crippen LogP contribution < -0.4 is 19.2 Å². The minimum Gasteiger partial charge on any atom is -0.495 e. The molecule has 2 aromatic carbocycles. The van der Waals surface area contributed by atoms with Gasteiger partial charge in [0.25, 0.3) is 0 Å². The highest BCUT2D eigenvalue weighted by atomic mass is 35.5. The van der Waals surface area contributed by atoms with Gasteiger partial charge in [-0.1, -0.05) is 29.9 Å². The van der Waals surface area contributed by atoms with Gasteiger partial charge >= 0.3 is 4.87 Å². The summed E-state index contributed by atoms with van der Waals surface area (Å²) in [5, 5.41) is 3.09. The fourth-order valence-electron chi connectivity index (χ4n) is 3.54. The second-order valence-electron chi connectivity index (χ2n) is 7.08. The summed E-state index contributed by atoms with van der Waals surface area (Å²) in [5.74, 6) is -0.236. The Bertz CT molecular complexity index is 1320. The second-order valence-corrected chi connectivity index (χ2v) is 10.4. The molecule has 8 nitrogen and oxygen atoms in total. The van der Waals surface area contributed by atoms with Crippen molar-refractivity contribution in [3.05, 3.63) is 51.1 Å². The van der Waals surface area contributed by atoms with E-state index in [-0.39, 0.29) is 22.7 Å². The van der Waals surface area contributed by atoms with Crippen LogP contribution in [0, 0.1) is 0 Å². The first-order chi connectivity index (χ1) is 15.1. The molecular formula is C21H24ClN3O5S2. The van der Waals surface area contributed by atoms with E-state index < -0.39 is 22.0 Å². The Morgan fingerprint density at radius 1 is 1.25 bits per heavy atom. The number of nitrogens with zero attached hydrogens (tertiary/aromatic N) is 2. The molecule has 1 N–H and O–H groups in total. The van der Waals surface area contributed by atoms with Crippen molar-refractivity contribution >= 4 is 60.5 Å². The molecule has 0 aliphatic heterocycles. The van der Waals surface area contributed by atoms with Crippen LogP contribution in [0.1, 0.15) is 20.3 Å². The summed E-state index contributed by atoms with van der Waals surface area (Å²) in [6.45, 7) is 4.15. The number of benzene rings is 2. The zero-order valence-corrected chi connectivity index (χ0v) is 20.5. The third-order valence-corrected chi connectivity index (χ3v) is 7.30. The molecule has 0 aliphatic rings. The molecule has 32 heavy (non-hydrogen) atoms. The van der Waals surface area contributed by atoms with E-state index in [4.69, 9.17) is 16.3 Å². The average Bonchev–Trinajstić information content (AvgIpc) is 3.04. The van der Waals surface area contributed by atoms with Crippen molar-refractivity contribution in [2.24, 2.45) is 0 Å². The Hall–Kier alpha value is -2.56. The predicted molar refractivity (Wildman–Crippen MR) is 130 cm³/mol. The highest BCUT2D eigenvalue weighted by Gasteiger charge is 2.33. The average molecular weight is 498 g/mol. The molecule has 11 heteroatoms. The lowest BCUT2D eigenvalue weighted by Gasteiger charge is -2.31. The Kier molecular flexibility index (Phi) is 7.16. The third kappa shape index (κ3) is 4.77. The summed E-state index contributed by atoms with van der Waals surface area (Å²) in [6.07, 6.45) is 1.23. The number of aryl methyl sites for hydroxylation is 1. The van der Waals surface area contributed by atoms with Crippen molar-refractivity contribution in [2.75, 3.05) is 23.0 Å². The van der Waals surface area contributed by atoms with E-state index in [0.29, 0.717) is 17.3 Å². The zero-order chi connectivity index (χ0) is 23.6. The molecule has 0 radical (unpaired) electrons. The Balaban J connectivity index is 2.00. The number of fused-ring (bicyclic) bond motifs is 1. The molecule has 172 valence electrons. The highest BCUT2D eigenvalue weighted by Crippen LogP contribution is 2.35. The quantitative estimate of drug-likeness (QED) is 0.508. The molecule has 0 unspecified atom stereocenters. The van der Waals surface area contributed by atoms with Crippen molar-refractivity contribution in [3.63, 3.8) is 0 Å². The van der Waals surface area contributed by atoms with Gasteiger partial charge in [0.05, 0.1) is 29.3 Å². The number of hydrogen-bond acceptors (Lipinski definition) is 6. The molecule has 1 heterocycles. The summed E-state index contributed by atoms with van der Waals surface area (Å²) >= 11 is 7.19. The summed E-state index contributed by atoms with van der Waals surface area (Å²) in [5.41, 5.74) is 1.43. The monoisotopic (exact) mass is 497 g/mol. The molecule has 3 rings (SSSR count). The number of aromatic nitrogens is 1. The molecule has 0 fully saturated rings. The van der Waals surface area contributed by atoms with E-state index in [0.717, 1.165) is 32.1 Å². The number of hydrogen-bond donors (Lipinski definition) is 1. The first-order valence-electron chi connectivity index (χ1n) is 9.87. The Labute approximate surface area is 195 Å². The number of carbonyl (C=O) groups is 1. The SMILES string of the molecule is CC[C@@H](C(=O)Nc1ccc2c(c1)sc(=O)n2CC)N(c1cc(Cl)ccc1OC)S(C)(=O)=O. The maximum absolute atomic E-state index is 13.2. The maximum atomic E-state index is 13.2. The van der Waals surface area contributed by atoms with Crippen LogP contribution in [0.3, 0.4) is 0 Å². The van der Waals surface area contributed by atoms with E-state index in [1.807, 2.05) is 6.92 Å². The minimum atomic E-state index is -3.87. The number of ether oxygens (including phenoxy) is 1. The normalized spacial score (nSPS) is 12.5. The number of nitrogens with one attached hydrogen (secondary N) is 1. The van der Waals surface area contributed by atoms with E-state index in [2.05, 4.69) is 5.32 Å². The Morgan fingerprint density at radius 2 is 1.97 bits per heavy atom. The summed E-state index contributed by atoms with van der Waals surface area (Å²) in [6, 6.07) is 8.70. The van der Waals surface area contributed by atoms with Gasteiger partial charge in [-0.05, 0) is 49.7 Å². The first-order valence-corrected chi connectivity index (χ1v) is 12.9. The summed E-state index contributed by atoms with van der Waals surface area (Å²) < 4.78 is 34.2. The van der Waals surface area contributed by atoms with Gasteiger partial charge in [-0.15, -0.1) is 0 Å². The molecular weight excluding hydrogens is 474 g/mol. The van der Waals surface area contributed by atoms with Crippen LogP contribution in [0.15, 0.2) is 41.2 Å². The molecule has 1 amide bonds. The number of carbonyl (C=O) groups excluding carboxylic acids is 1. The van der Waals surface area contributed by atoms with Crippen LogP contribution in [0.4, 0.5) is 11.4 Å². The van der Waals surface area contributed by atoms with Crippen molar-refractivity contribution in [1.29, 1.82) is 0 Å². The van der Waals surface area contributed by atoms with Gasteiger partial charge in [-0.2, -0.15) is 0 Å². The van der Waals surface area contributed by atoms with Crippen LogP contribution in [0.2, 0.25) is 5.02 Å². The number of rotatable bonds is 8. The van der Waals surface area contributed by atoms with Crippen molar-refractivity contribution in [1.82, 2.24) is 4.57 Å². The smallest absolute Gasteiger partial charge is 0.308 e. The summed E-state index contributed by atoms with van der Waals surface area (Å²) in [4.78, 5) is 25.2. The first kappa shape index (κ1) is 24.1. The fourth-order valence-corrected chi connectivity index (χ4v) is 5.91. The number of thiazole rings is 1. The van der Waals surface area contributed by atoms with Crippen LogP contribution in [0.5, 0.6) is 5.75 Å². The molecule has 0 spiro atoms. The van der Waals surface area contributed by atoms with Crippen LogP contribution in [-0.4, -0.2) is 38.3 Å². The van der Waals surface area contributed by atoms with Crippen LogP contribution in [0.25, 0.3) is 10.2 Å². The number of anilines is 2. The van der Waals surface area contributed by atoms with E-state index >= 15 is 0 Å². The van der Waals surface area contributed by atoms with Gasteiger partial charge in [0.15, 0.2) is 0 Å². The number of sulfonamides is 1. The van der Waals surface area contributed by atoms with E-state index in [1.165, 1.54) is 13.2 Å². The zero-order valence-electron chi connectivity index (χ0n) is 18.1. The van der Waals surface area contributed by atoms with Crippen LogP contribution in [-0.2, 0) is 21.4 Å².